The molecular formula is C20H17Cl2F3N4O2S. The molecule has 1 heterocycles. The summed E-state index contributed by atoms with van der Waals surface area (Å²) in [4.78, 5) is 12.2. The molecule has 12 heteroatoms. The highest BCUT2D eigenvalue weighted by Crippen LogP contribution is 2.34. The lowest BCUT2D eigenvalue weighted by atomic mass is 10.2. The second-order valence-electron chi connectivity index (χ2n) is 6.69. The lowest BCUT2D eigenvalue weighted by Gasteiger charge is -2.11. The van der Waals surface area contributed by atoms with Crippen LogP contribution in [-0.4, -0.2) is 26.4 Å². The monoisotopic (exact) mass is 504 g/mol. The van der Waals surface area contributed by atoms with Crippen LogP contribution in [0.15, 0.2) is 41.6 Å². The number of ether oxygens (including phenoxy) is 1. The molecule has 3 aromatic rings. The van der Waals surface area contributed by atoms with E-state index in [0.717, 1.165) is 35.5 Å². The molecule has 2 aromatic carbocycles. The summed E-state index contributed by atoms with van der Waals surface area (Å²) in [7, 11) is 1.72. The Morgan fingerprint density at radius 1 is 1.19 bits per heavy atom. The van der Waals surface area contributed by atoms with Gasteiger partial charge in [0.2, 0.25) is 5.91 Å². The molecule has 170 valence electrons. The second-order valence-corrected chi connectivity index (χ2v) is 8.47. The number of amides is 1. The highest BCUT2D eigenvalue weighted by Gasteiger charge is 2.31. The van der Waals surface area contributed by atoms with Crippen LogP contribution < -0.4 is 10.1 Å². The van der Waals surface area contributed by atoms with Crippen LogP contribution >= 0.6 is 35.0 Å². The smallest absolute Gasteiger partial charge is 0.416 e. The zero-order chi connectivity index (χ0) is 23.5. The number of benzene rings is 2. The molecular weight excluding hydrogens is 488 g/mol. The zero-order valence-electron chi connectivity index (χ0n) is 16.8. The van der Waals surface area contributed by atoms with E-state index in [9.17, 15) is 18.0 Å². The van der Waals surface area contributed by atoms with Gasteiger partial charge in [-0.1, -0.05) is 35.0 Å². The van der Waals surface area contributed by atoms with Crippen LogP contribution in [0, 0.1) is 6.92 Å². The lowest BCUT2D eigenvalue weighted by Crippen LogP contribution is -2.16. The van der Waals surface area contributed by atoms with E-state index in [4.69, 9.17) is 27.9 Å². The Bertz CT molecular complexity index is 1140. The fraction of sp³-hybridized carbons (Fsp3) is 0.250. The number of carbonyl (C=O) groups excluding carboxylic acids is 1. The first-order chi connectivity index (χ1) is 15.0. The summed E-state index contributed by atoms with van der Waals surface area (Å²) < 4.78 is 46.0. The number of hydrogen-bond donors (Lipinski definition) is 1. The average Bonchev–Trinajstić information content (AvgIpc) is 3.06. The Kier molecular flexibility index (Phi) is 7.58. The molecule has 0 atom stereocenters. The molecule has 32 heavy (non-hydrogen) atoms. The molecule has 0 fully saturated rings. The molecule has 3 rings (SSSR count). The molecule has 1 aromatic heterocycles. The molecule has 0 saturated carbocycles. The Labute approximate surface area is 196 Å². The lowest BCUT2D eigenvalue weighted by molar-refractivity contribution is -0.137. The van der Waals surface area contributed by atoms with Gasteiger partial charge in [0.1, 0.15) is 12.4 Å². The number of nitrogens with one attached hydrogen (secondary N) is 1. The average molecular weight is 505 g/mol. The van der Waals surface area contributed by atoms with Crippen molar-refractivity contribution in [2.75, 3.05) is 11.1 Å². The third-order valence-electron chi connectivity index (χ3n) is 4.32. The summed E-state index contributed by atoms with van der Waals surface area (Å²) in [6.45, 7) is 2.02. The molecule has 1 amide bonds. The summed E-state index contributed by atoms with van der Waals surface area (Å²) in [6.07, 6.45) is -4.54. The van der Waals surface area contributed by atoms with Crippen molar-refractivity contribution in [2.45, 2.75) is 24.9 Å². The fourth-order valence-corrected chi connectivity index (χ4v) is 3.75. The van der Waals surface area contributed by atoms with Crippen LogP contribution in [0.1, 0.15) is 17.0 Å². The van der Waals surface area contributed by atoms with E-state index < -0.39 is 17.6 Å². The van der Waals surface area contributed by atoms with Crippen molar-refractivity contribution < 1.29 is 22.7 Å². The number of aryl methyl sites for hydroxylation is 1. The van der Waals surface area contributed by atoms with E-state index >= 15 is 0 Å². The SMILES string of the molecule is Cc1cc(Cl)ccc1OCc1nnc(SCC(=O)Nc2cc(C(F)(F)F)ccc2Cl)n1C. The van der Waals surface area contributed by atoms with Gasteiger partial charge in [-0.15, -0.1) is 10.2 Å². The van der Waals surface area contributed by atoms with Gasteiger partial charge < -0.3 is 14.6 Å². The molecule has 0 radical (unpaired) electrons. The minimum atomic E-state index is -4.54. The maximum absolute atomic E-state index is 12.9. The van der Waals surface area contributed by atoms with Crippen molar-refractivity contribution in [1.82, 2.24) is 14.8 Å². The number of anilines is 1. The Morgan fingerprint density at radius 3 is 2.62 bits per heavy atom. The van der Waals surface area contributed by atoms with Gasteiger partial charge in [0.25, 0.3) is 0 Å². The van der Waals surface area contributed by atoms with Crippen LogP contribution in [0.5, 0.6) is 5.75 Å². The number of rotatable bonds is 7. The number of aromatic nitrogens is 3. The number of alkyl halides is 3. The van der Waals surface area contributed by atoms with Crippen molar-refractivity contribution in [3.63, 3.8) is 0 Å². The Morgan fingerprint density at radius 2 is 1.94 bits per heavy atom. The van der Waals surface area contributed by atoms with Crippen LogP contribution in [0.2, 0.25) is 10.0 Å². The summed E-state index contributed by atoms with van der Waals surface area (Å²) >= 11 is 12.9. The number of thioether (sulfide) groups is 1. The summed E-state index contributed by atoms with van der Waals surface area (Å²) in [5.74, 6) is 0.552. The predicted octanol–water partition coefficient (Wildman–Crippen LogP) is 5.76. The minimum absolute atomic E-state index is 0.00642. The van der Waals surface area contributed by atoms with Gasteiger partial charge in [-0.05, 0) is 48.9 Å². The summed E-state index contributed by atoms with van der Waals surface area (Å²) in [6, 6.07) is 7.99. The predicted molar refractivity (Wildman–Crippen MR) is 117 cm³/mol. The van der Waals surface area contributed by atoms with Crippen LogP contribution in [-0.2, 0) is 24.6 Å². The van der Waals surface area contributed by atoms with Crippen molar-refractivity contribution in [3.8, 4) is 5.75 Å². The molecule has 0 unspecified atom stereocenters. The van der Waals surface area contributed by atoms with Crippen molar-refractivity contribution in [2.24, 2.45) is 7.05 Å². The summed E-state index contributed by atoms with van der Waals surface area (Å²) in [5.41, 5.74) is -0.143. The Hall–Kier alpha value is -2.43. The van der Waals surface area contributed by atoms with Crippen molar-refractivity contribution in [3.05, 3.63) is 63.4 Å². The third kappa shape index (κ3) is 6.08. The first-order valence-corrected chi connectivity index (χ1v) is 10.9. The van der Waals surface area contributed by atoms with Gasteiger partial charge in [-0.25, -0.2) is 0 Å². The van der Waals surface area contributed by atoms with Gasteiger partial charge in [-0.2, -0.15) is 13.2 Å². The van der Waals surface area contributed by atoms with E-state index in [0.29, 0.717) is 21.8 Å². The van der Waals surface area contributed by atoms with Gasteiger partial charge in [-0.3, -0.25) is 4.79 Å². The first-order valence-electron chi connectivity index (χ1n) is 9.11. The fourth-order valence-electron chi connectivity index (χ4n) is 2.63. The standard InChI is InChI=1S/C20H17Cl2F3N4O2S/c1-11-7-13(21)4-6-16(11)31-9-17-27-28-19(29(17)2)32-10-18(30)26-15-8-12(20(23,24)25)3-5-14(15)22/h3-8H,9-10H2,1-2H3,(H,26,30). The van der Waals surface area contributed by atoms with Crippen LogP contribution in [0.25, 0.3) is 0 Å². The molecule has 0 bridgehead atoms. The van der Waals surface area contributed by atoms with Gasteiger partial charge >= 0.3 is 6.18 Å². The number of carbonyl (C=O) groups is 1. The normalized spacial score (nSPS) is 11.5. The van der Waals surface area contributed by atoms with E-state index in [2.05, 4.69) is 15.5 Å². The number of hydrogen-bond acceptors (Lipinski definition) is 5. The number of halogens is 5. The number of nitrogens with zero attached hydrogens (tertiary/aromatic N) is 3. The van der Waals surface area contributed by atoms with Crippen molar-refractivity contribution >= 4 is 46.6 Å². The zero-order valence-corrected chi connectivity index (χ0v) is 19.2. The molecule has 0 aliphatic rings. The van der Waals surface area contributed by atoms with Gasteiger partial charge in [0.15, 0.2) is 11.0 Å². The van der Waals surface area contributed by atoms with E-state index in [1.807, 2.05) is 6.92 Å². The van der Waals surface area contributed by atoms with Crippen molar-refractivity contribution in [1.29, 1.82) is 0 Å². The van der Waals surface area contributed by atoms with E-state index in [-0.39, 0.29) is 23.1 Å². The maximum Gasteiger partial charge on any atom is 0.416 e. The molecule has 0 saturated heterocycles. The quantitative estimate of drug-likeness (QED) is 0.414. The minimum Gasteiger partial charge on any atom is -0.485 e. The second kappa shape index (κ2) is 10.0. The molecule has 0 spiro atoms. The summed E-state index contributed by atoms with van der Waals surface area (Å²) in [5, 5.41) is 11.5. The molecule has 1 N–H and O–H groups in total. The van der Waals surface area contributed by atoms with Crippen LogP contribution in [0.3, 0.4) is 0 Å². The Balaban J connectivity index is 1.58. The highest BCUT2D eigenvalue weighted by atomic mass is 35.5. The van der Waals surface area contributed by atoms with Crippen LogP contribution in [0.4, 0.5) is 18.9 Å². The van der Waals surface area contributed by atoms with E-state index in [1.54, 1.807) is 29.8 Å². The first kappa shape index (κ1) is 24.2. The van der Waals surface area contributed by atoms with Gasteiger partial charge in [0, 0.05) is 12.1 Å². The highest BCUT2D eigenvalue weighted by molar-refractivity contribution is 7.99. The molecule has 6 nitrogen and oxygen atoms in total. The topological polar surface area (TPSA) is 69.0 Å². The van der Waals surface area contributed by atoms with E-state index in [1.165, 1.54) is 0 Å². The molecule has 0 aliphatic heterocycles. The molecule has 0 aliphatic carbocycles. The third-order valence-corrected chi connectivity index (χ3v) is 5.90. The maximum atomic E-state index is 12.9. The largest absolute Gasteiger partial charge is 0.485 e. The van der Waals surface area contributed by atoms with Gasteiger partial charge in [0.05, 0.1) is 22.0 Å².